The van der Waals surface area contributed by atoms with E-state index < -0.39 is 6.10 Å². The van der Waals surface area contributed by atoms with Crippen LogP contribution < -0.4 is 4.90 Å². The van der Waals surface area contributed by atoms with Crippen LogP contribution in [0.1, 0.15) is 24.0 Å². The molecule has 0 spiro atoms. The molecule has 1 heterocycles. The van der Waals surface area contributed by atoms with Crippen LogP contribution in [0.15, 0.2) is 18.2 Å². The molecule has 1 N–H and O–H groups in total. The molecule has 1 atom stereocenters. The lowest BCUT2D eigenvalue weighted by molar-refractivity contribution is -0.128. The number of carbonyl (C=O) groups excluding carboxylic acids is 1. The van der Waals surface area contributed by atoms with Gasteiger partial charge in [0.05, 0.1) is 6.10 Å². The number of likely N-dealkylation sites (N-methyl/N-ethyl adjacent to an activating group) is 1. The lowest BCUT2D eigenvalue weighted by atomic mass is 10.1. The fourth-order valence-electron chi connectivity index (χ4n) is 2.75. The molecule has 0 bridgehead atoms. The Morgan fingerprint density at radius 3 is 2.80 bits per heavy atom. The number of anilines is 1. The molecule has 0 saturated carbocycles. The van der Waals surface area contributed by atoms with Gasteiger partial charge in [-0.15, -0.1) is 0 Å². The number of rotatable bonds is 5. The predicted molar refractivity (Wildman–Crippen MR) is 81.0 cm³/mol. The molecule has 2 rings (SSSR count). The van der Waals surface area contributed by atoms with Gasteiger partial charge in [-0.25, -0.2) is 0 Å². The van der Waals surface area contributed by atoms with Gasteiger partial charge < -0.3 is 14.9 Å². The minimum absolute atomic E-state index is 0.165. The molecule has 1 amide bonds. The number of hydrogen-bond donors (Lipinski definition) is 1. The van der Waals surface area contributed by atoms with E-state index in [0.717, 1.165) is 18.7 Å². The number of aliphatic hydroxyl groups excluding tert-OH is 1. The van der Waals surface area contributed by atoms with Crippen LogP contribution in [0.25, 0.3) is 0 Å². The zero-order valence-corrected chi connectivity index (χ0v) is 12.6. The molecule has 1 aromatic rings. The van der Waals surface area contributed by atoms with E-state index in [1.807, 2.05) is 7.05 Å². The number of β-amino-alcohol motifs (C(OH)–C–C–N with tert-alkyl or cyclic N) is 1. The van der Waals surface area contributed by atoms with Crippen molar-refractivity contribution < 1.29 is 9.90 Å². The molecule has 1 unspecified atom stereocenters. The van der Waals surface area contributed by atoms with E-state index in [-0.39, 0.29) is 5.91 Å². The Balaban J connectivity index is 1.94. The average Bonchev–Trinajstić information content (AvgIpc) is 2.77. The highest BCUT2D eigenvalue weighted by Gasteiger charge is 2.23. The van der Waals surface area contributed by atoms with Gasteiger partial charge in [-0.1, -0.05) is 12.1 Å². The zero-order chi connectivity index (χ0) is 14.7. The standard InChI is InChI=1S/C16H24N2O2/c1-12-6-7-13(2)15(9-12)17(3)10-14(19)11-18-8-4-5-16(18)20/h6-7,9,14,19H,4-5,8,10-11H2,1-3H3. The molecule has 20 heavy (non-hydrogen) atoms. The Hall–Kier alpha value is -1.55. The lowest BCUT2D eigenvalue weighted by Gasteiger charge is -2.27. The number of carbonyl (C=O) groups is 1. The first-order valence-corrected chi connectivity index (χ1v) is 7.21. The van der Waals surface area contributed by atoms with Crippen molar-refractivity contribution in [2.45, 2.75) is 32.8 Å². The van der Waals surface area contributed by atoms with E-state index in [2.05, 4.69) is 36.9 Å². The maximum absolute atomic E-state index is 11.6. The van der Waals surface area contributed by atoms with Gasteiger partial charge in [-0.3, -0.25) is 4.79 Å². The monoisotopic (exact) mass is 276 g/mol. The molecule has 1 fully saturated rings. The van der Waals surface area contributed by atoms with Crippen molar-refractivity contribution in [2.24, 2.45) is 0 Å². The minimum atomic E-state index is -0.512. The summed E-state index contributed by atoms with van der Waals surface area (Å²) in [6.45, 7) is 5.89. The Morgan fingerprint density at radius 1 is 1.40 bits per heavy atom. The maximum atomic E-state index is 11.6. The van der Waals surface area contributed by atoms with E-state index in [1.54, 1.807) is 4.90 Å². The summed E-state index contributed by atoms with van der Waals surface area (Å²) in [5.74, 6) is 0.165. The van der Waals surface area contributed by atoms with Crippen LogP contribution in [0, 0.1) is 13.8 Å². The molecule has 1 aliphatic rings. The van der Waals surface area contributed by atoms with Gasteiger partial charge >= 0.3 is 0 Å². The van der Waals surface area contributed by atoms with Gasteiger partial charge in [0.1, 0.15) is 0 Å². The summed E-state index contributed by atoms with van der Waals surface area (Å²) in [6, 6.07) is 6.31. The van der Waals surface area contributed by atoms with Gasteiger partial charge in [0.25, 0.3) is 0 Å². The first-order valence-electron chi connectivity index (χ1n) is 7.21. The Kier molecular flexibility index (Phi) is 4.65. The Morgan fingerprint density at radius 2 is 2.15 bits per heavy atom. The molecule has 1 aliphatic heterocycles. The number of likely N-dealkylation sites (tertiary alicyclic amines) is 1. The second-order valence-electron chi connectivity index (χ2n) is 5.77. The quantitative estimate of drug-likeness (QED) is 0.890. The van der Waals surface area contributed by atoms with Crippen LogP contribution in [0.2, 0.25) is 0 Å². The summed E-state index contributed by atoms with van der Waals surface area (Å²) in [7, 11) is 1.98. The first-order chi connectivity index (χ1) is 9.47. The first kappa shape index (κ1) is 14.9. The van der Waals surface area contributed by atoms with Gasteiger partial charge in [0.2, 0.25) is 5.91 Å². The van der Waals surface area contributed by atoms with Crippen molar-refractivity contribution in [3.8, 4) is 0 Å². The normalized spacial score (nSPS) is 16.6. The van der Waals surface area contributed by atoms with Crippen molar-refractivity contribution in [2.75, 3.05) is 31.6 Å². The van der Waals surface area contributed by atoms with E-state index in [1.165, 1.54) is 11.1 Å². The van der Waals surface area contributed by atoms with Crippen LogP contribution in [0.4, 0.5) is 5.69 Å². The third-order valence-electron chi connectivity index (χ3n) is 3.86. The topological polar surface area (TPSA) is 43.8 Å². The number of benzene rings is 1. The summed E-state index contributed by atoms with van der Waals surface area (Å²) in [5.41, 5.74) is 3.54. The summed E-state index contributed by atoms with van der Waals surface area (Å²) in [6.07, 6.45) is 1.03. The molecular weight excluding hydrogens is 252 g/mol. The highest BCUT2D eigenvalue weighted by Crippen LogP contribution is 2.20. The molecule has 4 heteroatoms. The SMILES string of the molecule is Cc1ccc(C)c(N(C)CC(O)CN2CCCC2=O)c1. The number of nitrogens with zero attached hydrogens (tertiary/aromatic N) is 2. The number of amides is 1. The smallest absolute Gasteiger partial charge is 0.222 e. The lowest BCUT2D eigenvalue weighted by Crippen LogP contribution is -2.39. The highest BCUT2D eigenvalue weighted by atomic mass is 16.3. The van der Waals surface area contributed by atoms with Crippen molar-refractivity contribution in [1.82, 2.24) is 4.90 Å². The van der Waals surface area contributed by atoms with E-state index in [9.17, 15) is 9.90 Å². The Bertz CT molecular complexity index is 487. The summed E-state index contributed by atoms with van der Waals surface area (Å²) < 4.78 is 0. The van der Waals surface area contributed by atoms with Gasteiger partial charge in [0, 0.05) is 38.8 Å². The van der Waals surface area contributed by atoms with Crippen molar-refractivity contribution in [1.29, 1.82) is 0 Å². The molecule has 110 valence electrons. The molecule has 0 radical (unpaired) electrons. The van der Waals surface area contributed by atoms with E-state index in [4.69, 9.17) is 0 Å². The van der Waals surface area contributed by atoms with Gasteiger partial charge in [-0.2, -0.15) is 0 Å². The fourth-order valence-corrected chi connectivity index (χ4v) is 2.75. The third-order valence-corrected chi connectivity index (χ3v) is 3.86. The van der Waals surface area contributed by atoms with E-state index >= 15 is 0 Å². The zero-order valence-electron chi connectivity index (χ0n) is 12.6. The van der Waals surface area contributed by atoms with Gasteiger partial charge in [0.15, 0.2) is 0 Å². The second-order valence-corrected chi connectivity index (χ2v) is 5.77. The summed E-state index contributed by atoms with van der Waals surface area (Å²) in [4.78, 5) is 15.4. The third kappa shape index (κ3) is 3.51. The van der Waals surface area contributed by atoms with Crippen molar-refractivity contribution in [3.05, 3.63) is 29.3 Å². The highest BCUT2D eigenvalue weighted by molar-refractivity contribution is 5.78. The second kappa shape index (κ2) is 6.27. The minimum Gasteiger partial charge on any atom is -0.389 e. The summed E-state index contributed by atoms with van der Waals surface area (Å²) in [5, 5.41) is 10.2. The van der Waals surface area contributed by atoms with Crippen LogP contribution in [-0.2, 0) is 4.79 Å². The van der Waals surface area contributed by atoms with Crippen LogP contribution >= 0.6 is 0 Å². The number of aliphatic hydroxyl groups is 1. The summed E-state index contributed by atoms with van der Waals surface area (Å²) >= 11 is 0. The fraction of sp³-hybridized carbons (Fsp3) is 0.562. The Labute approximate surface area is 121 Å². The largest absolute Gasteiger partial charge is 0.389 e. The molecule has 1 saturated heterocycles. The number of aryl methyl sites for hydroxylation is 2. The maximum Gasteiger partial charge on any atom is 0.222 e. The average molecular weight is 276 g/mol. The number of hydrogen-bond acceptors (Lipinski definition) is 3. The molecule has 1 aromatic carbocycles. The van der Waals surface area contributed by atoms with E-state index in [0.29, 0.717) is 19.5 Å². The van der Waals surface area contributed by atoms with Crippen molar-refractivity contribution >= 4 is 11.6 Å². The molecule has 0 aliphatic carbocycles. The van der Waals surface area contributed by atoms with Crippen LogP contribution in [0.5, 0.6) is 0 Å². The molecule has 0 aromatic heterocycles. The predicted octanol–water partition coefficient (Wildman–Crippen LogP) is 1.72. The molecular formula is C16H24N2O2. The molecule has 4 nitrogen and oxygen atoms in total. The van der Waals surface area contributed by atoms with Crippen LogP contribution in [0.3, 0.4) is 0 Å². The van der Waals surface area contributed by atoms with Crippen molar-refractivity contribution in [3.63, 3.8) is 0 Å². The van der Waals surface area contributed by atoms with Gasteiger partial charge in [-0.05, 0) is 37.5 Å². The van der Waals surface area contributed by atoms with Crippen LogP contribution in [-0.4, -0.2) is 48.7 Å².